The summed E-state index contributed by atoms with van der Waals surface area (Å²) in [5.74, 6) is -3.89. The van der Waals surface area contributed by atoms with Crippen molar-refractivity contribution in [3.63, 3.8) is 0 Å². The van der Waals surface area contributed by atoms with Crippen molar-refractivity contribution < 1.29 is 61.6 Å². The zero-order chi connectivity index (χ0) is 48.4. The quantitative estimate of drug-likeness (QED) is 0.0368. The molecule has 0 radical (unpaired) electrons. The summed E-state index contributed by atoms with van der Waals surface area (Å²) < 4.78 is 55.1. The van der Waals surface area contributed by atoms with Gasteiger partial charge in [0, 0.05) is 30.0 Å². The summed E-state index contributed by atoms with van der Waals surface area (Å²) in [6, 6.07) is 14.5. The van der Waals surface area contributed by atoms with Crippen LogP contribution in [0.5, 0.6) is 11.5 Å². The molecule has 4 fully saturated rings. The van der Waals surface area contributed by atoms with Crippen LogP contribution in [0.25, 0.3) is 0 Å². The molecule has 3 saturated carbocycles. The number of hydrogen-bond acceptors (Lipinski definition) is 12. The van der Waals surface area contributed by atoms with Gasteiger partial charge < -0.3 is 43.6 Å². The minimum absolute atomic E-state index is 0.00410. The summed E-state index contributed by atoms with van der Waals surface area (Å²) in [4.78, 5) is 73.6. The first kappa shape index (κ1) is 50.7. The third-order valence-electron chi connectivity index (χ3n) is 13.1. The number of nitrogens with zero attached hydrogens (tertiary/aromatic N) is 3. The van der Waals surface area contributed by atoms with Gasteiger partial charge in [0.15, 0.2) is 11.6 Å². The van der Waals surface area contributed by atoms with Crippen LogP contribution in [-0.2, 0) is 46.4 Å². The van der Waals surface area contributed by atoms with Gasteiger partial charge in [0.1, 0.15) is 36.3 Å². The Morgan fingerprint density at radius 2 is 1.64 bits per heavy atom. The Morgan fingerprint density at radius 3 is 2.31 bits per heavy atom. The van der Waals surface area contributed by atoms with Crippen molar-refractivity contribution in [3.05, 3.63) is 104 Å². The Kier molecular flexibility index (Phi) is 17.3. The van der Waals surface area contributed by atoms with Gasteiger partial charge in [-0.05, 0) is 98.2 Å². The van der Waals surface area contributed by atoms with E-state index < -0.39 is 63.1 Å². The lowest BCUT2D eigenvalue weighted by molar-refractivity contribution is -0.758. The van der Waals surface area contributed by atoms with E-state index in [2.05, 4.69) is 10.2 Å². The van der Waals surface area contributed by atoms with Crippen molar-refractivity contribution >= 4 is 35.5 Å². The first-order chi connectivity index (χ1) is 32.3. The number of benzene rings is 3. The predicted octanol–water partition coefficient (Wildman–Crippen LogP) is 7.37. The van der Waals surface area contributed by atoms with E-state index >= 15 is 4.79 Å². The molecule has 0 aromatic heterocycles. The molecule has 19 heteroatoms. The van der Waals surface area contributed by atoms with Gasteiger partial charge >= 0.3 is 12.1 Å². The topological polar surface area (TPSA) is 185 Å². The summed E-state index contributed by atoms with van der Waals surface area (Å²) in [6.07, 6.45) is 3.15. The smallest absolute Gasteiger partial charge is 0.410 e. The molecule has 1 spiro atoms. The highest BCUT2D eigenvalue weighted by molar-refractivity contribution is 6.32. The van der Waals surface area contributed by atoms with E-state index in [1.54, 1.807) is 12.0 Å². The Labute approximate surface area is 393 Å². The average molecular weight is 957 g/mol. The molecule has 3 aromatic rings. The number of nitrogens with one attached hydrogen (secondary N) is 1. The third-order valence-corrected chi connectivity index (χ3v) is 13.5. The van der Waals surface area contributed by atoms with Gasteiger partial charge in [0.2, 0.25) is 11.8 Å². The molecule has 1 saturated heterocycles. The number of esters is 1. The van der Waals surface area contributed by atoms with Crippen molar-refractivity contribution in [2.24, 2.45) is 17.3 Å². The molecule has 3 aliphatic carbocycles. The van der Waals surface area contributed by atoms with Crippen LogP contribution in [0, 0.1) is 45.9 Å². The summed E-state index contributed by atoms with van der Waals surface area (Å²) in [7, 11) is 2.84. The second-order valence-electron chi connectivity index (χ2n) is 17.0. The summed E-state index contributed by atoms with van der Waals surface area (Å²) in [5.41, 5.74) is 3.03. The van der Waals surface area contributed by atoms with Crippen molar-refractivity contribution in [3.8, 4) is 11.5 Å². The maximum absolute atomic E-state index is 15.5. The number of halogens is 3. The van der Waals surface area contributed by atoms with E-state index in [0.29, 0.717) is 32.2 Å². The van der Waals surface area contributed by atoms with Crippen LogP contribution in [-0.4, -0.2) is 111 Å². The number of likely N-dealkylation sites (tertiary alicyclic amines) is 1. The zero-order valence-electron chi connectivity index (χ0n) is 38.4. The van der Waals surface area contributed by atoms with Gasteiger partial charge in [-0.25, -0.2) is 13.6 Å². The largest absolute Gasteiger partial charge is 0.496 e. The van der Waals surface area contributed by atoms with E-state index in [1.165, 1.54) is 7.11 Å². The number of amides is 3. The fourth-order valence-electron chi connectivity index (χ4n) is 10.1. The number of methoxy groups -OCH3 is 2. The predicted molar refractivity (Wildman–Crippen MR) is 240 cm³/mol. The lowest BCUT2D eigenvalue weighted by Crippen LogP contribution is -2.71. The van der Waals surface area contributed by atoms with E-state index in [9.17, 15) is 33.3 Å². The van der Waals surface area contributed by atoms with E-state index in [-0.39, 0.29) is 75.5 Å². The Balaban J connectivity index is 0.00000365. The molecule has 364 valence electrons. The fourth-order valence-corrected chi connectivity index (χ4v) is 10.3. The van der Waals surface area contributed by atoms with Crippen LogP contribution in [0.3, 0.4) is 0 Å². The molecule has 0 bridgehead atoms. The van der Waals surface area contributed by atoms with Gasteiger partial charge in [-0.3, -0.25) is 14.4 Å². The van der Waals surface area contributed by atoms with Crippen LogP contribution in [0.2, 0.25) is 5.02 Å². The molecular formula is C48H59ClF2N4O12. The van der Waals surface area contributed by atoms with Crippen LogP contribution in [0.1, 0.15) is 80.5 Å². The second kappa shape index (κ2) is 22.8. The highest BCUT2D eigenvalue weighted by Crippen LogP contribution is 2.69. The molecule has 1 N–H and O–H groups in total. The average Bonchev–Trinajstić information content (AvgIpc) is 4.07. The number of ether oxygens (including phenoxy) is 5. The van der Waals surface area contributed by atoms with Crippen molar-refractivity contribution in [1.82, 2.24) is 15.1 Å². The maximum atomic E-state index is 15.5. The minimum atomic E-state index is -0.927. The Bertz CT molecular complexity index is 2250. The lowest BCUT2D eigenvalue weighted by atomic mass is 9.66. The minimum Gasteiger partial charge on any atom is -0.496 e. The molecule has 6 unspecified atom stereocenters. The van der Waals surface area contributed by atoms with Crippen LogP contribution in [0.15, 0.2) is 54.6 Å². The van der Waals surface area contributed by atoms with Gasteiger partial charge in [0.25, 0.3) is 5.09 Å². The van der Waals surface area contributed by atoms with Gasteiger partial charge in [-0.15, -0.1) is 10.1 Å². The van der Waals surface area contributed by atoms with Gasteiger partial charge in [-0.2, -0.15) is 0 Å². The number of hydrogen-bond donors (Lipinski definition) is 1. The standard InChI is InChI=1S/C46H53ClF2N4O12.C2H6/c1-27-21-29(8-15-36(27)60-2)26-51(32-11-12-32)44(56)39-33(30-9-6-28(7-10-30)5-4-16-63-41-35(49)14-13-34(48)40(41)47)24-46-23-31(43(55)50-25-38(54)61-3)22-37(46)52(42(39)46)45(57)64-19-17-62-18-20-65-53(58)59;1-2/h6-10,13-15,21,31-33,37,39,42H,4-5,11-12,16-20,22-26H2,1-3H3,(H,50,55);1-2H3. The van der Waals surface area contributed by atoms with E-state index in [4.69, 9.17) is 35.3 Å². The lowest BCUT2D eigenvalue weighted by Gasteiger charge is -2.58. The summed E-state index contributed by atoms with van der Waals surface area (Å²) in [5, 5.41) is 11.8. The molecule has 67 heavy (non-hydrogen) atoms. The number of carbonyl (C=O) groups is 4. The van der Waals surface area contributed by atoms with E-state index in [1.807, 2.05) is 68.1 Å². The van der Waals surface area contributed by atoms with Gasteiger partial charge in [0.05, 0.1) is 46.0 Å². The van der Waals surface area contributed by atoms with Crippen molar-refractivity contribution in [1.29, 1.82) is 0 Å². The Hall–Kier alpha value is -5.75. The summed E-state index contributed by atoms with van der Waals surface area (Å²) in [6.45, 7) is 5.43. The molecule has 7 rings (SSSR count). The molecule has 3 amide bonds. The normalized spacial score (nSPS) is 22.2. The SMILES string of the molecule is CC.COC(=O)CNC(=O)C1CC2N(C(=O)OCCOCCO[N+](=O)[O-])C3C(C(=O)N(Cc4ccc(OC)c(C)c4)C4CC4)C(c4ccc(CCCOc5c(F)ccc(F)c5Cl)cc4)CC23C1. The second-order valence-corrected chi connectivity index (χ2v) is 17.4. The van der Waals surface area contributed by atoms with Crippen LogP contribution in [0.4, 0.5) is 13.6 Å². The molecular weight excluding hydrogens is 898 g/mol. The summed E-state index contributed by atoms with van der Waals surface area (Å²) >= 11 is 5.93. The Morgan fingerprint density at radius 1 is 0.940 bits per heavy atom. The third kappa shape index (κ3) is 11.5. The highest BCUT2D eigenvalue weighted by Gasteiger charge is 2.75. The molecule has 1 aliphatic heterocycles. The first-order valence-electron chi connectivity index (χ1n) is 22.7. The monoisotopic (exact) mass is 956 g/mol. The first-order valence-corrected chi connectivity index (χ1v) is 23.1. The highest BCUT2D eigenvalue weighted by atomic mass is 35.5. The van der Waals surface area contributed by atoms with Crippen molar-refractivity contribution in [2.75, 3.05) is 53.8 Å². The van der Waals surface area contributed by atoms with Crippen LogP contribution < -0.4 is 14.8 Å². The number of rotatable bonds is 21. The maximum Gasteiger partial charge on any atom is 0.410 e. The molecule has 6 atom stereocenters. The van der Waals surface area contributed by atoms with Crippen molar-refractivity contribution in [2.45, 2.75) is 96.3 Å². The molecule has 4 aliphatic rings. The van der Waals surface area contributed by atoms with E-state index in [0.717, 1.165) is 53.0 Å². The molecule has 3 aromatic carbocycles. The molecule has 1 heterocycles. The fraction of sp³-hybridized carbons (Fsp3) is 0.542. The van der Waals surface area contributed by atoms with Gasteiger partial charge in [-0.1, -0.05) is 61.8 Å². The zero-order valence-corrected chi connectivity index (χ0v) is 39.2. The number of carbonyl (C=O) groups excluding carboxylic acids is 4. The van der Waals surface area contributed by atoms with Crippen LogP contribution >= 0.6 is 11.6 Å². The number of aryl methyl sites for hydroxylation is 2. The molecule has 16 nitrogen and oxygen atoms in total.